The summed E-state index contributed by atoms with van der Waals surface area (Å²) in [5.41, 5.74) is 2.31. The fourth-order valence-corrected chi connectivity index (χ4v) is 1.86. The lowest BCUT2D eigenvalue weighted by atomic mass is 10.0. The number of benzene rings is 1. The van der Waals surface area contributed by atoms with Crippen molar-refractivity contribution in [2.24, 2.45) is 5.92 Å². The molecule has 1 aliphatic carbocycles. The van der Waals surface area contributed by atoms with E-state index in [0.717, 1.165) is 12.2 Å². The molecule has 0 radical (unpaired) electrons. The van der Waals surface area contributed by atoms with Gasteiger partial charge in [0, 0.05) is 24.6 Å². The van der Waals surface area contributed by atoms with Crippen molar-refractivity contribution in [3.05, 3.63) is 42.0 Å². The van der Waals surface area contributed by atoms with E-state index in [2.05, 4.69) is 5.32 Å². The van der Waals surface area contributed by atoms with Gasteiger partial charge >= 0.3 is 0 Å². The van der Waals surface area contributed by atoms with Crippen LogP contribution in [0.15, 0.2) is 42.0 Å². The van der Waals surface area contributed by atoms with Gasteiger partial charge in [-0.1, -0.05) is 23.8 Å². The van der Waals surface area contributed by atoms with Gasteiger partial charge in [0.2, 0.25) is 0 Å². The van der Waals surface area contributed by atoms with Crippen LogP contribution in [0.1, 0.15) is 13.3 Å². The van der Waals surface area contributed by atoms with Crippen LogP contribution in [0.4, 0.5) is 5.69 Å². The molecule has 1 N–H and O–H groups in total. The summed E-state index contributed by atoms with van der Waals surface area (Å²) in [7, 11) is 0. The van der Waals surface area contributed by atoms with Crippen molar-refractivity contribution in [1.29, 1.82) is 0 Å². The molecule has 0 heterocycles. The lowest BCUT2D eigenvalue weighted by Crippen LogP contribution is -2.13. The molecular formula is C13H15NO. The van der Waals surface area contributed by atoms with Crippen molar-refractivity contribution < 1.29 is 4.79 Å². The number of allylic oxidation sites excluding steroid dienone is 1. The topological polar surface area (TPSA) is 29.1 Å². The summed E-state index contributed by atoms with van der Waals surface area (Å²) >= 11 is 0. The molecule has 0 fully saturated rings. The van der Waals surface area contributed by atoms with Gasteiger partial charge in [-0.05, 0) is 25.1 Å². The molecule has 2 nitrogen and oxygen atoms in total. The van der Waals surface area contributed by atoms with Gasteiger partial charge in [-0.3, -0.25) is 4.79 Å². The maximum Gasteiger partial charge on any atom is 0.156 e. The van der Waals surface area contributed by atoms with Crippen molar-refractivity contribution in [2.45, 2.75) is 13.3 Å². The van der Waals surface area contributed by atoms with E-state index in [9.17, 15) is 4.79 Å². The van der Waals surface area contributed by atoms with E-state index in [1.54, 1.807) is 6.08 Å². The van der Waals surface area contributed by atoms with E-state index < -0.39 is 0 Å². The normalized spacial score (nSPS) is 20.2. The second-order valence-electron chi connectivity index (χ2n) is 4.00. The number of nitrogens with one attached hydrogen (secondary N) is 1. The number of para-hydroxylation sites is 1. The first-order chi connectivity index (χ1) is 7.25. The number of carbonyl (C=O) groups is 1. The Kier molecular flexibility index (Phi) is 2.86. The maximum atomic E-state index is 11.2. The van der Waals surface area contributed by atoms with Crippen LogP contribution < -0.4 is 5.32 Å². The fourth-order valence-electron chi connectivity index (χ4n) is 1.86. The minimum atomic E-state index is 0.257. The average Bonchev–Trinajstić information content (AvgIpc) is 2.56. The summed E-state index contributed by atoms with van der Waals surface area (Å²) in [5, 5.41) is 3.34. The summed E-state index contributed by atoms with van der Waals surface area (Å²) in [6.45, 7) is 2.88. The highest BCUT2D eigenvalue weighted by molar-refractivity contribution is 5.93. The second kappa shape index (κ2) is 4.30. The molecule has 1 unspecified atom stereocenters. The van der Waals surface area contributed by atoms with Crippen LogP contribution in [-0.4, -0.2) is 12.3 Å². The van der Waals surface area contributed by atoms with E-state index in [1.165, 1.54) is 5.57 Å². The first kappa shape index (κ1) is 9.97. The van der Waals surface area contributed by atoms with Crippen LogP contribution in [0, 0.1) is 5.92 Å². The molecule has 0 aliphatic heterocycles. The molecule has 1 aliphatic rings. The van der Waals surface area contributed by atoms with Gasteiger partial charge in [0.25, 0.3) is 0 Å². The molecule has 15 heavy (non-hydrogen) atoms. The number of carbonyl (C=O) groups excluding carboxylic acids is 1. The lowest BCUT2D eigenvalue weighted by molar-refractivity contribution is -0.114. The first-order valence-corrected chi connectivity index (χ1v) is 5.25. The van der Waals surface area contributed by atoms with Crippen LogP contribution in [-0.2, 0) is 4.79 Å². The monoisotopic (exact) mass is 201 g/mol. The predicted octanol–water partition coefficient (Wildman–Crippen LogP) is 2.63. The summed E-state index contributed by atoms with van der Waals surface area (Å²) in [5.74, 6) is 0.630. The van der Waals surface area contributed by atoms with Crippen LogP contribution in [0.25, 0.3) is 0 Å². The molecule has 0 saturated heterocycles. The number of hydrogen-bond donors (Lipinski definition) is 1. The van der Waals surface area contributed by atoms with Crippen molar-refractivity contribution in [2.75, 3.05) is 11.9 Å². The number of ketones is 1. The highest BCUT2D eigenvalue weighted by Crippen LogP contribution is 2.23. The van der Waals surface area contributed by atoms with E-state index in [4.69, 9.17) is 0 Å². The van der Waals surface area contributed by atoms with Crippen LogP contribution in [0.5, 0.6) is 0 Å². The first-order valence-electron chi connectivity index (χ1n) is 5.25. The third-order valence-corrected chi connectivity index (χ3v) is 2.81. The Morgan fingerprint density at radius 3 is 2.67 bits per heavy atom. The Bertz CT molecular complexity index is 381. The van der Waals surface area contributed by atoms with Crippen LogP contribution >= 0.6 is 0 Å². The zero-order chi connectivity index (χ0) is 10.7. The van der Waals surface area contributed by atoms with Gasteiger partial charge in [0.05, 0.1) is 0 Å². The maximum absolute atomic E-state index is 11.2. The Morgan fingerprint density at radius 2 is 2.07 bits per heavy atom. The quantitative estimate of drug-likeness (QED) is 0.814. The average molecular weight is 201 g/mol. The molecule has 0 aromatic heterocycles. The molecule has 1 aromatic carbocycles. The van der Waals surface area contributed by atoms with E-state index in [-0.39, 0.29) is 5.78 Å². The summed E-state index contributed by atoms with van der Waals surface area (Å²) in [4.78, 5) is 11.2. The minimum absolute atomic E-state index is 0.257. The van der Waals surface area contributed by atoms with Crippen LogP contribution in [0.3, 0.4) is 0 Å². The van der Waals surface area contributed by atoms with Gasteiger partial charge in [0.15, 0.2) is 5.78 Å². The molecule has 2 rings (SSSR count). The largest absolute Gasteiger partial charge is 0.384 e. The van der Waals surface area contributed by atoms with Gasteiger partial charge in [-0.2, -0.15) is 0 Å². The number of rotatable bonds is 3. The van der Waals surface area contributed by atoms with Gasteiger partial charge < -0.3 is 5.32 Å². The zero-order valence-corrected chi connectivity index (χ0v) is 8.86. The second-order valence-corrected chi connectivity index (χ2v) is 4.00. The standard InChI is InChI=1S/C13H15NO/c1-10-7-13(15)8-11(10)9-14-12-5-3-2-4-6-12/h2-7,11,14H,8-9H2,1H3. The van der Waals surface area contributed by atoms with Crippen molar-refractivity contribution >= 4 is 11.5 Å². The van der Waals surface area contributed by atoms with E-state index in [1.807, 2.05) is 37.3 Å². The number of hydrogen-bond acceptors (Lipinski definition) is 2. The highest BCUT2D eigenvalue weighted by Gasteiger charge is 2.20. The van der Waals surface area contributed by atoms with E-state index in [0.29, 0.717) is 12.3 Å². The van der Waals surface area contributed by atoms with Crippen molar-refractivity contribution in [3.63, 3.8) is 0 Å². The van der Waals surface area contributed by atoms with E-state index >= 15 is 0 Å². The molecular weight excluding hydrogens is 186 g/mol. The molecule has 0 amide bonds. The molecule has 1 atom stereocenters. The Balaban J connectivity index is 1.90. The molecule has 0 bridgehead atoms. The Labute approximate surface area is 90.0 Å². The molecule has 0 saturated carbocycles. The smallest absolute Gasteiger partial charge is 0.156 e. The SMILES string of the molecule is CC1=CC(=O)CC1CNc1ccccc1. The van der Waals surface area contributed by atoms with Gasteiger partial charge in [-0.25, -0.2) is 0 Å². The molecule has 1 aromatic rings. The van der Waals surface area contributed by atoms with Gasteiger partial charge in [-0.15, -0.1) is 0 Å². The van der Waals surface area contributed by atoms with Crippen LogP contribution in [0.2, 0.25) is 0 Å². The Morgan fingerprint density at radius 1 is 1.33 bits per heavy atom. The Hall–Kier alpha value is -1.57. The third-order valence-electron chi connectivity index (χ3n) is 2.81. The third kappa shape index (κ3) is 2.46. The summed E-state index contributed by atoms with van der Waals surface area (Å²) < 4.78 is 0. The molecule has 2 heteroatoms. The number of anilines is 1. The molecule has 78 valence electrons. The lowest BCUT2D eigenvalue weighted by Gasteiger charge is -2.13. The fraction of sp³-hybridized carbons (Fsp3) is 0.308. The van der Waals surface area contributed by atoms with Crippen molar-refractivity contribution in [1.82, 2.24) is 0 Å². The van der Waals surface area contributed by atoms with Crippen molar-refractivity contribution in [3.8, 4) is 0 Å². The van der Waals surface area contributed by atoms with Gasteiger partial charge in [0.1, 0.15) is 0 Å². The summed E-state index contributed by atoms with van der Waals surface area (Å²) in [6.07, 6.45) is 2.42. The zero-order valence-electron chi connectivity index (χ0n) is 8.86. The highest BCUT2D eigenvalue weighted by atomic mass is 16.1. The summed E-state index contributed by atoms with van der Waals surface area (Å²) in [6, 6.07) is 10.1. The predicted molar refractivity (Wildman–Crippen MR) is 61.8 cm³/mol. The minimum Gasteiger partial charge on any atom is -0.384 e. The molecule has 0 spiro atoms.